The number of aromatic nitrogens is 2. The van der Waals surface area contributed by atoms with E-state index in [1.165, 1.54) is 19.4 Å². The number of amides is 3. The van der Waals surface area contributed by atoms with Crippen molar-refractivity contribution in [3.8, 4) is 0 Å². The van der Waals surface area contributed by atoms with Crippen molar-refractivity contribution in [3.63, 3.8) is 0 Å². The van der Waals surface area contributed by atoms with E-state index in [4.69, 9.17) is 16.6 Å². The van der Waals surface area contributed by atoms with Gasteiger partial charge in [-0.3, -0.25) is 14.4 Å². The van der Waals surface area contributed by atoms with Crippen molar-refractivity contribution in [2.45, 2.75) is 56.8 Å². The van der Waals surface area contributed by atoms with E-state index in [9.17, 15) is 24.3 Å². The summed E-state index contributed by atoms with van der Waals surface area (Å²) in [6.07, 6.45) is 3.15. The van der Waals surface area contributed by atoms with Crippen LogP contribution in [0.1, 0.15) is 31.9 Å². The third-order valence-corrected chi connectivity index (χ3v) is 4.40. The first-order chi connectivity index (χ1) is 14.6. The third-order valence-electron chi connectivity index (χ3n) is 4.40. The van der Waals surface area contributed by atoms with Gasteiger partial charge in [-0.2, -0.15) is 0 Å². The molecule has 0 aliphatic heterocycles. The fourth-order valence-corrected chi connectivity index (χ4v) is 2.67. The first-order valence-corrected chi connectivity index (χ1v) is 9.86. The van der Waals surface area contributed by atoms with Crippen LogP contribution in [0.3, 0.4) is 0 Å². The first kappa shape index (κ1) is 26.0. The number of carboxylic acid groups (broad SMARTS) is 1. The molecule has 0 aromatic carbocycles. The van der Waals surface area contributed by atoms with Crippen molar-refractivity contribution in [2.24, 2.45) is 11.5 Å². The number of carbonyl (C=O) groups is 4. The molecule has 4 unspecified atom stereocenters. The van der Waals surface area contributed by atoms with Gasteiger partial charge in [-0.05, 0) is 32.7 Å². The normalized spacial score (nSPS) is 14.7. The number of nitrogens with two attached hydrogens (primary N) is 2. The predicted molar refractivity (Wildman–Crippen MR) is 109 cm³/mol. The summed E-state index contributed by atoms with van der Waals surface area (Å²) >= 11 is 0. The summed E-state index contributed by atoms with van der Waals surface area (Å²) in [5, 5.41) is 25.7. The Hall–Kier alpha value is -3.03. The Morgan fingerprint density at radius 3 is 2.45 bits per heavy atom. The van der Waals surface area contributed by atoms with E-state index in [0.717, 1.165) is 0 Å². The van der Waals surface area contributed by atoms with Gasteiger partial charge in [-0.25, -0.2) is 9.78 Å². The van der Waals surface area contributed by atoms with Crippen LogP contribution in [-0.2, 0) is 25.6 Å². The summed E-state index contributed by atoms with van der Waals surface area (Å²) in [7, 11) is 0. The largest absolute Gasteiger partial charge is 0.480 e. The molecular weight excluding hydrogens is 410 g/mol. The van der Waals surface area contributed by atoms with Crippen LogP contribution in [0.15, 0.2) is 12.5 Å². The van der Waals surface area contributed by atoms with Crippen molar-refractivity contribution in [1.29, 1.82) is 0 Å². The number of aliphatic carboxylic acids is 1. The Kier molecular flexibility index (Phi) is 11.2. The SMILES string of the molecule is CC(O)C(NC(=O)C(CCCCN)NC(=O)CNC(=O)C(N)Cc1cnc[nH]1)C(=O)O. The number of carbonyl (C=O) groups excluding carboxylic acids is 3. The number of nitrogens with zero attached hydrogens (tertiary/aromatic N) is 1. The maximum absolute atomic E-state index is 12.5. The number of imidazole rings is 1. The topological polar surface area (TPSA) is 226 Å². The van der Waals surface area contributed by atoms with E-state index in [0.29, 0.717) is 25.1 Å². The van der Waals surface area contributed by atoms with E-state index in [2.05, 4.69) is 25.9 Å². The van der Waals surface area contributed by atoms with Gasteiger partial charge in [0.2, 0.25) is 17.7 Å². The lowest BCUT2D eigenvalue weighted by molar-refractivity contribution is -0.145. The van der Waals surface area contributed by atoms with Crippen LogP contribution in [0.2, 0.25) is 0 Å². The van der Waals surface area contributed by atoms with E-state index >= 15 is 0 Å². The molecule has 1 heterocycles. The van der Waals surface area contributed by atoms with Gasteiger partial charge in [0.25, 0.3) is 0 Å². The fourth-order valence-electron chi connectivity index (χ4n) is 2.67. The molecule has 0 aliphatic rings. The van der Waals surface area contributed by atoms with Gasteiger partial charge in [-0.15, -0.1) is 0 Å². The van der Waals surface area contributed by atoms with Gasteiger partial charge in [0.05, 0.1) is 25.0 Å². The maximum atomic E-state index is 12.5. The standard InChI is InChI=1S/C18H31N7O6/c1-10(26)15(18(30)31)25-17(29)13(4-2-3-5-19)24-14(27)8-22-16(28)12(20)6-11-7-21-9-23-11/h7,9-10,12-13,15,26H,2-6,8,19-20H2,1H3,(H,21,23)(H,22,28)(H,24,27)(H,25,29)(H,30,31). The van der Waals surface area contributed by atoms with Crippen LogP contribution in [0.5, 0.6) is 0 Å². The Morgan fingerprint density at radius 2 is 1.90 bits per heavy atom. The number of hydrogen-bond donors (Lipinski definition) is 8. The average molecular weight is 441 g/mol. The molecule has 0 spiro atoms. The predicted octanol–water partition coefficient (Wildman–Crippen LogP) is -3.04. The third kappa shape index (κ3) is 9.55. The minimum Gasteiger partial charge on any atom is -0.480 e. The molecule has 0 radical (unpaired) electrons. The number of hydrogen-bond acceptors (Lipinski definition) is 8. The average Bonchev–Trinajstić information content (AvgIpc) is 3.21. The highest BCUT2D eigenvalue weighted by Gasteiger charge is 2.29. The van der Waals surface area contributed by atoms with Crippen LogP contribution in [-0.4, -0.2) is 81.2 Å². The Balaban J connectivity index is 2.62. The second kappa shape index (κ2) is 13.3. The first-order valence-electron chi connectivity index (χ1n) is 9.86. The maximum Gasteiger partial charge on any atom is 0.328 e. The number of aliphatic hydroxyl groups excluding tert-OH is 1. The van der Waals surface area contributed by atoms with Crippen LogP contribution in [0.25, 0.3) is 0 Å². The lowest BCUT2D eigenvalue weighted by Gasteiger charge is -2.23. The van der Waals surface area contributed by atoms with Crippen LogP contribution < -0.4 is 27.4 Å². The van der Waals surface area contributed by atoms with Crippen molar-refractivity contribution in [2.75, 3.05) is 13.1 Å². The molecule has 1 aromatic rings. The van der Waals surface area contributed by atoms with Gasteiger partial charge >= 0.3 is 5.97 Å². The molecule has 10 N–H and O–H groups in total. The van der Waals surface area contributed by atoms with Gasteiger partial charge in [0.15, 0.2) is 6.04 Å². The van der Waals surface area contributed by atoms with Crippen molar-refractivity contribution in [1.82, 2.24) is 25.9 Å². The van der Waals surface area contributed by atoms with Crippen molar-refractivity contribution >= 4 is 23.7 Å². The molecule has 0 bridgehead atoms. The summed E-state index contributed by atoms with van der Waals surface area (Å²) in [4.78, 5) is 54.6. The summed E-state index contributed by atoms with van der Waals surface area (Å²) in [6, 6.07) is -3.49. The van der Waals surface area contributed by atoms with E-state index in [-0.39, 0.29) is 12.8 Å². The Labute approximate surface area is 179 Å². The van der Waals surface area contributed by atoms with Crippen LogP contribution in [0.4, 0.5) is 0 Å². The molecule has 13 nitrogen and oxygen atoms in total. The highest BCUT2D eigenvalue weighted by atomic mass is 16.4. The van der Waals surface area contributed by atoms with Gasteiger partial charge in [0.1, 0.15) is 6.04 Å². The quantitative estimate of drug-likeness (QED) is 0.137. The van der Waals surface area contributed by atoms with Crippen LogP contribution >= 0.6 is 0 Å². The van der Waals surface area contributed by atoms with Gasteiger partial charge in [0, 0.05) is 18.3 Å². The number of aromatic amines is 1. The van der Waals surface area contributed by atoms with Crippen molar-refractivity contribution in [3.05, 3.63) is 18.2 Å². The Bertz CT molecular complexity index is 725. The molecule has 13 heteroatoms. The summed E-state index contributed by atoms with van der Waals surface area (Å²) < 4.78 is 0. The minimum absolute atomic E-state index is 0.202. The zero-order chi connectivity index (χ0) is 23.4. The number of unbranched alkanes of at least 4 members (excludes halogenated alkanes) is 1. The van der Waals surface area contributed by atoms with Crippen molar-refractivity contribution < 1.29 is 29.4 Å². The van der Waals surface area contributed by atoms with Gasteiger partial charge < -0.3 is 42.6 Å². The van der Waals surface area contributed by atoms with E-state index < -0.39 is 54.5 Å². The lowest BCUT2D eigenvalue weighted by Crippen LogP contribution is -2.56. The molecule has 0 saturated heterocycles. The molecule has 174 valence electrons. The molecule has 0 aliphatic carbocycles. The number of rotatable bonds is 14. The number of aliphatic hydroxyl groups is 1. The highest BCUT2D eigenvalue weighted by molar-refractivity contribution is 5.92. The van der Waals surface area contributed by atoms with E-state index in [1.807, 2.05) is 0 Å². The molecular formula is C18H31N7O6. The highest BCUT2D eigenvalue weighted by Crippen LogP contribution is 2.03. The Morgan fingerprint density at radius 1 is 1.19 bits per heavy atom. The van der Waals surface area contributed by atoms with Crippen LogP contribution in [0, 0.1) is 0 Å². The molecule has 3 amide bonds. The second-order valence-corrected chi connectivity index (χ2v) is 7.07. The molecule has 0 fully saturated rings. The smallest absolute Gasteiger partial charge is 0.328 e. The number of nitrogens with one attached hydrogen (secondary N) is 4. The minimum atomic E-state index is -1.53. The summed E-state index contributed by atoms with van der Waals surface area (Å²) in [6.45, 7) is 1.19. The van der Waals surface area contributed by atoms with Gasteiger partial charge in [-0.1, -0.05) is 0 Å². The lowest BCUT2D eigenvalue weighted by atomic mass is 10.1. The summed E-state index contributed by atoms with van der Waals surface area (Å²) in [5.74, 6) is -3.39. The molecule has 31 heavy (non-hydrogen) atoms. The molecule has 0 saturated carbocycles. The van der Waals surface area contributed by atoms with E-state index in [1.54, 1.807) is 0 Å². The monoisotopic (exact) mass is 441 g/mol. The number of H-pyrrole nitrogens is 1. The second-order valence-electron chi connectivity index (χ2n) is 7.07. The molecule has 1 rings (SSSR count). The summed E-state index contributed by atoms with van der Waals surface area (Å²) in [5.41, 5.74) is 11.9. The number of carboxylic acids is 1. The zero-order valence-corrected chi connectivity index (χ0v) is 17.3. The molecule has 4 atom stereocenters. The fraction of sp³-hybridized carbons (Fsp3) is 0.611. The zero-order valence-electron chi connectivity index (χ0n) is 17.3. The molecule has 1 aromatic heterocycles.